The van der Waals surface area contributed by atoms with Gasteiger partial charge in [-0.25, -0.2) is 9.69 Å². The second-order valence-electron chi connectivity index (χ2n) is 7.69. The van der Waals surface area contributed by atoms with Crippen LogP contribution in [0.15, 0.2) is 42.5 Å². The Morgan fingerprint density at radius 3 is 2.69 bits per heavy atom. The highest BCUT2D eigenvalue weighted by Crippen LogP contribution is 2.32. The first kappa shape index (κ1) is 19.4. The number of nitrogens with zero attached hydrogens (tertiary/aromatic N) is 2. The number of esters is 1. The van der Waals surface area contributed by atoms with Gasteiger partial charge in [-0.3, -0.25) is 14.5 Å². The van der Waals surface area contributed by atoms with E-state index in [1.165, 1.54) is 7.11 Å². The topological polar surface area (TPSA) is 99.2 Å². The van der Waals surface area contributed by atoms with Crippen molar-refractivity contribution in [3.8, 4) is 0 Å². The van der Waals surface area contributed by atoms with E-state index in [4.69, 9.17) is 4.74 Å². The van der Waals surface area contributed by atoms with Crippen LogP contribution in [-0.4, -0.2) is 65.3 Å². The third-order valence-electron chi connectivity index (χ3n) is 5.78. The standard InChI is InChI=1S/C21H23N3O5/c1-21(15-8-7-13-5-3-4-6-14(13)9-15)19(27)24(20(28)22-21)12-23-11-16(25)10-17(23)18(26)29-2/h3-9,16-17,25H,10-12H2,1-2H3,(H,22,28)/t16-,17+,21+/m1/s1. The van der Waals surface area contributed by atoms with E-state index in [9.17, 15) is 19.5 Å². The third-order valence-corrected chi connectivity index (χ3v) is 5.78. The molecule has 152 valence electrons. The van der Waals surface area contributed by atoms with Crippen LogP contribution in [0.3, 0.4) is 0 Å². The number of fused-ring (bicyclic) bond motifs is 1. The number of amides is 3. The molecule has 2 aliphatic rings. The lowest BCUT2D eigenvalue weighted by molar-refractivity contribution is -0.147. The number of aliphatic hydroxyl groups is 1. The van der Waals surface area contributed by atoms with Gasteiger partial charge < -0.3 is 15.2 Å². The lowest BCUT2D eigenvalue weighted by atomic mass is 9.90. The number of methoxy groups -OCH3 is 1. The number of nitrogens with one attached hydrogen (secondary N) is 1. The molecule has 2 saturated heterocycles. The van der Waals surface area contributed by atoms with Crippen LogP contribution in [0.4, 0.5) is 4.79 Å². The van der Waals surface area contributed by atoms with E-state index in [-0.39, 0.29) is 19.6 Å². The minimum atomic E-state index is -1.21. The Bertz CT molecular complexity index is 993. The number of benzene rings is 2. The number of imide groups is 1. The summed E-state index contributed by atoms with van der Waals surface area (Å²) in [6, 6.07) is 12.2. The van der Waals surface area contributed by atoms with E-state index in [0.29, 0.717) is 5.56 Å². The Kier molecular flexibility index (Phi) is 4.76. The molecule has 2 aliphatic heterocycles. The fourth-order valence-corrected chi connectivity index (χ4v) is 4.12. The second kappa shape index (κ2) is 7.13. The van der Waals surface area contributed by atoms with Gasteiger partial charge in [0.25, 0.3) is 5.91 Å². The number of likely N-dealkylation sites (tertiary alicyclic amines) is 1. The van der Waals surface area contributed by atoms with Crippen molar-refractivity contribution in [2.45, 2.75) is 31.0 Å². The molecule has 29 heavy (non-hydrogen) atoms. The van der Waals surface area contributed by atoms with Crippen molar-refractivity contribution in [1.82, 2.24) is 15.1 Å². The van der Waals surface area contributed by atoms with E-state index < -0.39 is 35.6 Å². The summed E-state index contributed by atoms with van der Waals surface area (Å²) in [5.74, 6) is -0.895. The van der Waals surface area contributed by atoms with Crippen LogP contribution in [0.1, 0.15) is 18.9 Å². The summed E-state index contributed by atoms with van der Waals surface area (Å²) in [5, 5.41) is 14.7. The Balaban J connectivity index is 1.60. The maximum atomic E-state index is 13.2. The lowest BCUT2D eigenvalue weighted by Crippen LogP contribution is -2.47. The fourth-order valence-electron chi connectivity index (χ4n) is 4.12. The Morgan fingerprint density at radius 2 is 1.97 bits per heavy atom. The van der Waals surface area contributed by atoms with Crippen molar-refractivity contribution < 1.29 is 24.2 Å². The Labute approximate surface area is 168 Å². The predicted molar refractivity (Wildman–Crippen MR) is 105 cm³/mol. The molecule has 2 N–H and O–H groups in total. The lowest BCUT2D eigenvalue weighted by Gasteiger charge is -2.27. The molecule has 2 aromatic carbocycles. The SMILES string of the molecule is COC(=O)[C@@H]1C[C@@H](O)CN1CN1C(=O)N[C@@](C)(c2ccc3ccccc3c2)C1=O. The van der Waals surface area contributed by atoms with Gasteiger partial charge in [-0.1, -0.05) is 36.4 Å². The molecule has 0 aromatic heterocycles. The maximum absolute atomic E-state index is 13.2. The summed E-state index contributed by atoms with van der Waals surface area (Å²) in [4.78, 5) is 40.6. The fraction of sp³-hybridized carbons (Fsp3) is 0.381. The van der Waals surface area contributed by atoms with Crippen molar-refractivity contribution in [1.29, 1.82) is 0 Å². The molecule has 3 amide bonds. The quantitative estimate of drug-likeness (QED) is 0.594. The molecule has 0 bridgehead atoms. The van der Waals surface area contributed by atoms with Crippen LogP contribution in [0.25, 0.3) is 10.8 Å². The molecule has 0 aliphatic carbocycles. The van der Waals surface area contributed by atoms with Crippen LogP contribution in [0.2, 0.25) is 0 Å². The summed E-state index contributed by atoms with van der Waals surface area (Å²) in [6.07, 6.45) is -0.509. The van der Waals surface area contributed by atoms with Crippen LogP contribution < -0.4 is 5.32 Å². The van der Waals surface area contributed by atoms with E-state index in [0.717, 1.165) is 15.7 Å². The zero-order valence-electron chi connectivity index (χ0n) is 16.3. The van der Waals surface area contributed by atoms with Gasteiger partial charge in [0.05, 0.1) is 19.9 Å². The number of urea groups is 1. The molecule has 8 heteroatoms. The van der Waals surface area contributed by atoms with Gasteiger partial charge in [-0.15, -0.1) is 0 Å². The molecule has 8 nitrogen and oxygen atoms in total. The smallest absolute Gasteiger partial charge is 0.326 e. The number of hydrogen-bond acceptors (Lipinski definition) is 6. The highest BCUT2D eigenvalue weighted by molar-refractivity contribution is 6.07. The zero-order chi connectivity index (χ0) is 20.8. The zero-order valence-corrected chi connectivity index (χ0v) is 16.3. The molecular weight excluding hydrogens is 374 g/mol. The number of aliphatic hydroxyl groups excluding tert-OH is 1. The van der Waals surface area contributed by atoms with Gasteiger partial charge in [0.15, 0.2) is 0 Å². The number of carbonyl (C=O) groups excluding carboxylic acids is 3. The van der Waals surface area contributed by atoms with Gasteiger partial charge in [0.2, 0.25) is 0 Å². The van der Waals surface area contributed by atoms with E-state index in [2.05, 4.69) is 5.32 Å². The molecule has 0 unspecified atom stereocenters. The molecule has 0 saturated carbocycles. The second-order valence-corrected chi connectivity index (χ2v) is 7.69. The average Bonchev–Trinajstić information content (AvgIpc) is 3.19. The highest BCUT2D eigenvalue weighted by Gasteiger charge is 2.50. The molecular formula is C21H23N3O5. The average molecular weight is 397 g/mol. The van der Waals surface area contributed by atoms with E-state index >= 15 is 0 Å². The van der Waals surface area contributed by atoms with Gasteiger partial charge in [0, 0.05) is 13.0 Å². The molecule has 2 heterocycles. The van der Waals surface area contributed by atoms with Crippen molar-refractivity contribution in [2.75, 3.05) is 20.3 Å². The number of ether oxygens (including phenoxy) is 1. The van der Waals surface area contributed by atoms with Crippen LogP contribution in [0.5, 0.6) is 0 Å². The first-order valence-corrected chi connectivity index (χ1v) is 9.47. The summed E-state index contributed by atoms with van der Waals surface area (Å²) in [6.45, 7) is 1.77. The number of hydrogen-bond donors (Lipinski definition) is 2. The van der Waals surface area contributed by atoms with Gasteiger partial charge in [-0.05, 0) is 29.3 Å². The van der Waals surface area contributed by atoms with E-state index in [1.807, 2.05) is 42.5 Å². The molecule has 3 atom stereocenters. The minimum absolute atomic E-state index is 0.0926. The van der Waals surface area contributed by atoms with Crippen LogP contribution >= 0.6 is 0 Å². The number of rotatable bonds is 4. The summed E-state index contributed by atoms with van der Waals surface area (Å²) in [7, 11) is 1.27. The van der Waals surface area contributed by atoms with E-state index in [1.54, 1.807) is 11.8 Å². The van der Waals surface area contributed by atoms with Crippen LogP contribution in [-0.2, 0) is 19.9 Å². The largest absolute Gasteiger partial charge is 0.468 e. The normalized spacial score (nSPS) is 27.5. The molecule has 0 radical (unpaired) electrons. The monoisotopic (exact) mass is 397 g/mol. The van der Waals surface area contributed by atoms with Gasteiger partial charge >= 0.3 is 12.0 Å². The van der Waals surface area contributed by atoms with Crippen LogP contribution in [0, 0.1) is 0 Å². The van der Waals surface area contributed by atoms with Crippen molar-refractivity contribution >= 4 is 28.7 Å². The van der Waals surface area contributed by atoms with Gasteiger partial charge in [0.1, 0.15) is 11.6 Å². The number of carbonyl (C=O) groups is 3. The Morgan fingerprint density at radius 1 is 1.24 bits per heavy atom. The van der Waals surface area contributed by atoms with Crippen molar-refractivity contribution in [2.24, 2.45) is 0 Å². The molecule has 0 spiro atoms. The molecule has 2 aromatic rings. The Hall–Kier alpha value is -2.97. The summed E-state index contributed by atoms with van der Waals surface area (Å²) < 4.78 is 4.79. The maximum Gasteiger partial charge on any atom is 0.326 e. The minimum Gasteiger partial charge on any atom is -0.468 e. The summed E-state index contributed by atoms with van der Waals surface area (Å²) >= 11 is 0. The summed E-state index contributed by atoms with van der Waals surface area (Å²) in [5.41, 5.74) is -0.525. The molecule has 2 fully saturated rings. The third kappa shape index (κ3) is 3.24. The predicted octanol–water partition coefficient (Wildman–Crippen LogP) is 1.17. The first-order valence-electron chi connectivity index (χ1n) is 9.47. The number of β-amino-alcohol motifs (C(OH)–C–C–N with tert-alkyl or cyclic N) is 1. The first-order chi connectivity index (χ1) is 13.8. The highest BCUT2D eigenvalue weighted by atomic mass is 16.5. The van der Waals surface area contributed by atoms with Crippen molar-refractivity contribution in [3.63, 3.8) is 0 Å². The van der Waals surface area contributed by atoms with Crippen molar-refractivity contribution in [3.05, 3.63) is 48.0 Å². The van der Waals surface area contributed by atoms with Gasteiger partial charge in [-0.2, -0.15) is 0 Å². The molecule has 4 rings (SSSR count).